The van der Waals surface area contributed by atoms with Gasteiger partial charge in [-0.25, -0.2) is 4.79 Å². The number of aromatic nitrogens is 1. The first-order valence-electron chi connectivity index (χ1n) is 10.1. The maximum atomic E-state index is 13.5. The number of carboxylic acids is 1. The molecule has 0 spiro atoms. The number of nitrogens with zero attached hydrogens (tertiary/aromatic N) is 1. The van der Waals surface area contributed by atoms with Crippen molar-refractivity contribution in [3.8, 4) is 16.2 Å². The Bertz CT molecular complexity index is 1270. The number of fused-ring (bicyclic) bond motifs is 2. The molecular weight excluding hydrogens is 462 g/mol. The van der Waals surface area contributed by atoms with E-state index in [1.54, 1.807) is 10.6 Å². The summed E-state index contributed by atoms with van der Waals surface area (Å²) in [6.07, 6.45) is 2.83. The second-order valence-corrected chi connectivity index (χ2v) is 9.19. The van der Waals surface area contributed by atoms with Crippen LogP contribution >= 0.6 is 23.7 Å². The molecule has 1 aliphatic heterocycles. The van der Waals surface area contributed by atoms with Gasteiger partial charge in [-0.1, -0.05) is 6.92 Å². The molecule has 3 aromatic rings. The summed E-state index contributed by atoms with van der Waals surface area (Å²) in [7, 11) is 0. The van der Waals surface area contributed by atoms with Crippen LogP contribution in [0.25, 0.3) is 21.3 Å². The quantitative estimate of drug-likeness (QED) is 0.535. The molecule has 0 amide bonds. The minimum Gasteiger partial charge on any atom is -0.477 e. The van der Waals surface area contributed by atoms with Gasteiger partial charge in [0.05, 0.1) is 10.9 Å². The predicted molar refractivity (Wildman–Crippen MR) is 121 cm³/mol. The van der Waals surface area contributed by atoms with Crippen molar-refractivity contribution in [2.24, 2.45) is 0 Å². The van der Waals surface area contributed by atoms with Gasteiger partial charge >= 0.3 is 12.6 Å². The molecular formula is C22H21ClF2N2O4S. The Hall–Kier alpha value is -2.49. The number of benzene rings is 1. The number of nitrogens with one attached hydrogen (secondary N) is 1. The molecule has 1 unspecified atom stereocenters. The Morgan fingerprint density at radius 3 is 2.72 bits per heavy atom. The minimum absolute atomic E-state index is 0. The molecule has 1 aromatic carbocycles. The molecule has 1 atom stereocenters. The Morgan fingerprint density at radius 1 is 1.34 bits per heavy atom. The molecule has 2 N–H and O–H groups in total. The van der Waals surface area contributed by atoms with E-state index in [0.29, 0.717) is 11.5 Å². The molecule has 2 aliphatic rings. The third-order valence-corrected chi connectivity index (χ3v) is 7.08. The van der Waals surface area contributed by atoms with Gasteiger partial charge in [0.25, 0.3) is 0 Å². The van der Waals surface area contributed by atoms with E-state index < -0.39 is 18.0 Å². The molecule has 2 aromatic heterocycles. The SMILES string of the molecule is CC1CNCc2sc(-c3ccc4c(=O)c(C(=O)O)cn(C5CC5)c4c3OC(F)F)cc21.Cl. The number of halogens is 3. The van der Waals surface area contributed by atoms with Crippen molar-refractivity contribution >= 4 is 40.6 Å². The molecule has 6 nitrogen and oxygen atoms in total. The van der Waals surface area contributed by atoms with E-state index in [4.69, 9.17) is 4.74 Å². The van der Waals surface area contributed by atoms with Gasteiger partial charge in [-0.05, 0) is 42.5 Å². The molecule has 1 fully saturated rings. The van der Waals surface area contributed by atoms with Gasteiger partial charge in [0.15, 0.2) is 5.75 Å². The van der Waals surface area contributed by atoms with Crippen LogP contribution in [0.4, 0.5) is 8.78 Å². The first-order chi connectivity index (χ1) is 14.8. The standard InChI is InChI=1S/C22H20F2N2O4S.ClH/c1-10-7-25-8-17-14(10)6-16(31-17)12-4-5-13-18(20(12)30-22(23)24)26(11-2-3-11)9-15(19(13)27)21(28)29;/h4-6,9-11,22,25H,2-3,7-8H2,1H3,(H,28,29);1H. The number of ether oxygens (including phenoxy) is 1. The molecule has 0 radical (unpaired) electrons. The van der Waals surface area contributed by atoms with Crippen molar-refractivity contribution in [3.63, 3.8) is 0 Å². The Kier molecular flexibility index (Phi) is 6.00. The fourth-order valence-corrected chi connectivity index (χ4v) is 5.53. The lowest BCUT2D eigenvalue weighted by atomic mass is 9.97. The highest BCUT2D eigenvalue weighted by atomic mass is 35.5. The van der Waals surface area contributed by atoms with Crippen LogP contribution in [-0.2, 0) is 6.54 Å². The van der Waals surface area contributed by atoms with E-state index in [2.05, 4.69) is 12.2 Å². The molecule has 32 heavy (non-hydrogen) atoms. The zero-order valence-corrected chi connectivity index (χ0v) is 18.7. The molecule has 10 heteroatoms. The van der Waals surface area contributed by atoms with Crippen molar-refractivity contribution in [1.29, 1.82) is 0 Å². The van der Waals surface area contributed by atoms with Gasteiger partial charge in [0, 0.05) is 40.6 Å². The van der Waals surface area contributed by atoms with Gasteiger partial charge in [-0.15, -0.1) is 23.7 Å². The maximum Gasteiger partial charge on any atom is 0.387 e. The summed E-state index contributed by atoms with van der Waals surface area (Å²) < 4.78 is 33.6. The van der Waals surface area contributed by atoms with Crippen molar-refractivity contribution in [2.75, 3.05) is 6.54 Å². The zero-order valence-electron chi connectivity index (χ0n) is 17.1. The molecule has 3 heterocycles. The summed E-state index contributed by atoms with van der Waals surface area (Å²) in [5.41, 5.74) is 0.821. The number of carbonyl (C=O) groups is 1. The largest absolute Gasteiger partial charge is 0.477 e. The lowest BCUT2D eigenvalue weighted by molar-refractivity contribution is -0.0486. The monoisotopic (exact) mass is 482 g/mol. The summed E-state index contributed by atoms with van der Waals surface area (Å²) in [6.45, 7) is 0.593. The molecule has 0 bridgehead atoms. The summed E-state index contributed by atoms with van der Waals surface area (Å²) in [5, 5.41) is 12.9. The first-order valence-corrected chi connectivity index (χ1v) is 10.9. The number of hydrogen-bond donors (Lipinski definition) is 2. The third kappa shape index (κ3) is 3.78. The van der Waals surface area contributed by atoms with E-state index in [1.807, 2.05) is 6.07 Å². The van der Waals surface area contributed by atoms with Crippen LogP contribution in [0.2, 0.25) is 0 Å². The van der Waals surface area contributed by atoms with Crippen molar-refractivity contribution in [2.45, 2.75) is 44.9 Å². The summed E-state index contributed by atoms with van der Waals surface area (Å²) in [6, 6.07) is 5.07. The fourth-order valence-electron chi connectivity index (χ4n) is 4.26. The average Bonchev–Trinajstić information content (AvgIpc) is 3.46. The summed E-state index contributed by atoms with van der Waals surface area (Å²) >= 11 is 1.52. The van der Waals surface area contributed by atoms with Gasteiger partial charge < -0.3 is 19.7 Å². The number of pyridine rings is 1. The lowest BCUT2D eigenvalue weighted by Gasteiger charge is -2.19. The molecule has 0 saturated heterocycles. The van der Waals surface area contributed by atoms with Gasteiger partial charge in [0.1, 0.15) is 5.56 Å². The summed E-state index contributed by atoms with van der Waals surface area (Å²) in [5.74, 6) is -1.11. The van der Waals surface area contributed by atoms with Crippen molar-refractivity contribution in [1.82, 2.24) is 9.88 Å². The van der Waals surface area contributed by atoms with Crippen LogP contribution in [0, 0.1) is 0 Å². The maximum absolute atomic E-state index is 13.5. The number of hydrogen-bond acceptors (Lipinski definition) is 5. The van der Waals surface area contributed by atoms with Crippen molar-refractivity contribution in [3.05, 3.63) is 50.6 Å². The van der Waals surface area contributed by atoms with E-state index in [0.717, 1.165) is 35.7 Å². The highest BCUT2D eigenvalue weighted by molar-refractivity contribution is 7.15. The minimum atomic E-state index is -3.08. The van der Waals surface area contributed by atoms with E-state index >= 15 is 0 Å². The van der Waals surface area contributed by atoms with E-state index in [1.165, 1.54) is 29.2 Å². The van der Waals surface area contributed by atoms with Crippen LogP contribution < -0.4 is 15.5 Å². The smallest absolute Gasteiger partial charge is 0.387 e. The van der Waals surface area contributed by atoms with E-state index in [-0.39, 0.29) is 40.7 Å². The molecule has 170 valence electrons. The zero-order chi connectivity index (χ0) is 21.9. The Labute approximate surface area is 192 Å². The topological polar surface area (TPSA) is 80.6 Å². The van der Waals surface area contributed by atoms with E-state index in [9.17, 15) is 23.5 Å². The highest BCUT2D eigenvalue weighted by Gasteiger charge is 2.30. The number of thiophene rings is 1. The van der Waals surface area contributed by atoms with Crippen LogP contribution in [0.3, 0.4) is 0 Å². The number of rotatable bonds is 5. The number of alkyl halides is 2. The lowest BCUT2D eigenvalue weighted by Crippen LogP contribution is -2.24. The normalized spacial score (nSPS) is 17.8. The Balaban J connectivity index is 0.00000245. The van der Waals surface area contributed by atoms with Gasteiger partial charge in [-0.3, -0.25) is 4.79 Å². The van der Waals surface area contributed by atoms with Crippen LogP contribution in [0.15, 0.2) is 29.2 Å². The van der Waals surface area contributed by atoms with Gasteiger partial charge in [-0.2, -0.15) is 8.78 Å². The summed E-state index contributed by atoms with van der Waals surface area (Å²) in [4.78, 5) is 26.3. The second kappa shape index (κ2) is 8.46. The highest BCUT2D eigenvalue weighted by Crippen LogP contribution is 2.46. The predicted octanol–water partition coefficient (Wildman–Crippen LogP) is 4.99. The molecule has 1 saturated carbocycles. The fraction of sp³-hybridized carbons (Fsp3) is 0.364. The molecule has 5 rings (SSSR count). The van der Waals surface area contributed by atoms with Crippen LogP contribution in [-0.4, -0.2) is 28.8 Å². The number of aromatic carboxylic acids is 1. The third-order valence-electron chi connectivity index (χ3n) is 5.90. The second-order valence-electron chi connectivity index (χ2n) is 8.05. The van der Waals surface area contributed by atoms with Crippen molar-refractivity contribution < 1.29 is 23.4 Å². The Morgan fingerprint density at radius 2 is 2.09 bits per heavy atom. The average molecular weight is 483 g/mol. The van der Waals surface area contributed by atoms with Gasteiger partial charge in [0.2, 0.25) is 5.43 Å². The first kappa shape index (κ1) is 22.7. The van der Waals surface area contributed by atoms with Crippen LogP contribution in [0.1, 0.15) is 52.5 Å². The number of carboxylic acid groups (broad SMARTS) is 1. The van der Waals surface area contributed by atoms with Crippen LogP contribution in [0.5, 0.6) is 5.75 Å². The molecule has 1 aliphatic carbocycles.